The summed E-state index contributed by atoms with van der Waals surface area (Å²) in [6.07, 6.45) is 0.495. The highest BCUT2D eigenvalue weighted by Gasteiger charge is 2.11. The standard InChI is InChI=1S/C14H15NOS/c1-9-6-4-5-7-12(9)14-15-11(3)13(17-14)8-10(2)16/h4-7H,8H2,1-3H3. The number of aryl methyl sites for hydroxylation is 2. The highest BCUT2D eigenvalue weighted by atomic mass is 32.1. The normalized spacial score (nSPS) is 10.5. The number of hydrogen-bond acceptors (Lipinski definition) is 3. The highest BCUT2D eigenvalue weighted by molar-refractivity contribution is 7.15. The summed E-state index contributed by atoms with van der Waals surface area (Å²) >= 11 is 1.62. The molecule has 1 aromatic heterocycles. The van der Waals surface area contributed by atoms with Gasteiger partial charge in [-0.05, 0) is 26.3 Å². The molecule has 1 aromatic carbocycles. The van der Waals surface area contributed by atoms with E-state index in [1.165, 1.54) is 5.56 Å². The highest BCUT2D eigenvalue weighted by Crippen LogP contribution is 2.30. The van der Waals surface area contributed by atoms with Crippen LogP contribution in [0.25, 0.3) is 10.6 Å². The summed E-state index contributed by atoms with van der Waals surface area (Å²) in [5.41, 5.74) is 3.36. The van der Waals surface area contributed by atoms with Crippen molar-refractivity contribution in [3.05, 3.63) is 40.4 Å². The molecule has 0 aliphatic carbocycles. The zero-order valence-electron chi connectivity index (χ0n) is 10.3. The van der Waals surface area contributed by atoms with Gasteiger partial charge >= 0.3 is 0 Å². The average molecular weight is 245 g/mol. The molecule has 2 nitrogen and oxygen atoms in total. The molecule has 0 amide bonds. The number of carbonyl (C=O) groups excluding carboxylic acids is 1. The number of benzene rings is 1. The summed E-state index contributed by atoms with van der Waals surface area (Å²) in [6, 6.07) is 8.20. The van der Waals surface area contributed by atoms with Crippen LogP contribution in [-0.4, -0.2) is 10.8 Å². The second-order valence-corrected chi connectivity index (χ2v) is 5.30. The van der Waals surface area contributed by atoms with E-state index in [2.05, 4.69) is 24.0 Å². The summed E-state index contributed by atoms with van der Waals surface area (Å²) in [5.74, 6) is 0.188. The summed E-state index contributed by atoms with van der Waals surface area (Å²) in [7, 11) is 0. The number of aromatic nitrogens is 1. The number of ketones is 1. The first kappa shape index (κ1) is 12.0. The van der Waals surface area contributed by atoms with Crippen molar-refractivity contribution in [2.24, 2.45) is 0 Å². The van der Waals surface area contributed by atoms with Crippen LogP contribution < -0.4 is 0 Å². The Morgan fingerprint density at radius 1 is 1.29 bits per heavy atom. The molecule has 0 radical (unpaired) electrons. The lowest BCUT2D eigenvalue weighted by Crippen LogP contribution is -1.95. The monoisotopic (exact) mass is 245 g/mol. The Labute approximate surface area is 105 Å². The Bertz CT molecular complexity index is 557. The molecular formula is C14H15NOS. The molecule has 0 unspecified atom stereocenters. The minimum atomic E-state index is 0.188. The molecule has 3 heteroatoms. The summed E-state index contributed by atoms with van der Waals surface area (Å²) < 4.78 is 0. The minimum absolute atomic E-state index is 0.188. The SMILES string of the molecule is CC(=O)Cc1sc(-c2ccccc2C)nc1C. The average Bonchev–Trinajstić information content (AvgIpc) is 2.60. The van der Waals surface area contributed by atoms with Crippen LogP contribution in [0.2, 0.25) is 0 Å². The van der Waals surface area contributed by atoms with Crippen LogP contribution in [0.3, 0.4) is 0 Å². The van der Waals surface area contributed by atoms with E-state index in [1.54, 1.807) is 18.3 Å². The van der Waals surface area contributed by atoms with E-state index in [1.807, 2.05) is 19.1 Å². The van der Waals surface area contributed by atoms with Gasteiger partial charge in [0.15, 0.2) is 0 Å². The van der Waals surface area contributed by atoms with Gasteiger partial charge in [0.05, 0.1) is 5.69 Å². The number of rotatable bonds is 3. The van der Waals surface area contributed by atoms with Crippen molar-refractivity contribution in [3.8, 4) is 10.6 Å². The zero-order valence-corrected chi connectivity index (χ0v) is 11.1. The fraction of sp³-hybridized carbons (Fsp3) is 0.286. The third kappa shape index (κ3) is 2.61. The van der Waals surface area contributed by atoms with Gasteiger partial charge in [0.2, 0.25) is 0 Å². The van der Waals surface area contributed by atoms with E-state index in [0.717, 1.165) is 21.1 Å². The molecule has 0 spiro atoms. The Hall–Kier alpha value is -1.48. The van der Waals surface area contributed by atoms with E-state index < -0.39 is 0 Å². The predicted octanol–water partition coefficient (Wildman–Crippen LogP) is 3.56. The molecule has 2 aromatic rings. The Morgan fingerprint density at radius 3 is 2.65 bits per heavy atom. The third-order valence-corrected chi connectivity index (χ3v) is 3.87. The molecule has 0 bridgehead atoms. The first-order valence-electron chi connectivity index (χ1n) is 5.59. The maximum absolute atomic E-state index is 11.2. The lowest BCUT2D eigenvalue weighted by Gasteiger charge is -1.99. The quantitative estimate of drug-likeness (QED) is 0.827. The molecule has 0 atom stereocenters. The van der Waals surface area contributed by atoms with Crippen molar-refractivity contribution in [2.45, 2.75) is 27.2 Å². The molecule has 88 valence electrons. The fourth-order valence-corrected chi connectivity index (χ4v) is 2.97. The van der Waals surface area contributed by atoms with Crippen LogP contribution in [-0.2, 0) is 11.2 Å². The first-order chi connectivity index (χ1) is 8.08. The van der Waals surface area contributed by atoms with Crippen molar-refractivity contribution in [1.29, 1.82) is 0 Å². The zero-order chi connectivity index (χ0) is 12.4. The van der Waals surface area contributed by atoms with Gasteiger partial charge in [-0.25, -0.2) is 4.98 Å². The van der Waals surface area contributed by atoms with E-state index in [-0.39, 0.29) is 5.78 Å². The Kier molecular flexibility index (Phi) is 3.38. The number of thiazole rings is 1. The van der Waals surface area contributed by atoms with Crippen LogP contribution >= 0.6 is 11.3 Å². The Morgan fingerprint density at radius 2 is 2.00 bits per heavy atom. The number of Topliss-reactive ketones (excluding diaryl/α,β-unsaturated/α-hetero) is 1. The van der Waals surface area contributed by atoms with E-state index in [0.29, 0.717) is 6.42 Å². The van der Waals surface area contributed by atoms with E-state index >= 15 is 0 Å². The maximum Gasteiger partial charge on any atom is 0.135 e. The summed E-state index contributed by atoms with van der Waals surface area (Å²) in [5, 5.41) is 1.01. The molecule has 0 N–H and O–H groups in total. The molecule has 1 heterocycles. The first-order valence-corrected chi connectivity index (χ1v) is 6.41. The molecule has 2 rings (SSSR count). The lowest BCUT2D eigenvalue weighted by atomic mass is 10.1. The van der Waals surface area contributed by atoms with Gasteiger partial charge in [-0.2, -0.15) is 0 Å². The van der Waals surface area contributed by atoms with Crippen molar-refractivity contribution >= 4 is 17.1 Å². The van der Waals surface area contributed by atoms with Gasteiger partial charge < -0.3 is 0 Å². The van der Waals surface area contributed by atoms with Gasteiger partial charge in [0.25, 0.3) is 0 Å². The molecule has 0 fully saturated rings. The molecule has 0 aliphatic heterocycles. The third-order valence-electron chi connectivity index (χ3n) is 2.68. The van der Waals surface area contributed by atoms with Crippen molar-refractivity contribution in [3.63, 3.8) is 0 Å². The van der Waals surface area contributed by atoms with Gasteiger partial charge in [0.1, 0.15) is 10.8 Å². The van der Waals surface area contributed by atoms with Crippen LogP contribution in [0, 0.1) is 13.8 Å². The lowest BCUT2D eigenvalue weighted by molar-refractivity contribution is -0.116. The summed E-state index contributed by atoms with van der Waals surface area (Å²) in [4.78, 5) is 16.8. The minimum Gasteiger partial charge on any atom is -0.300 e. The van der Waals surface area contributed by atoms with Crippen LogP contribution in [0.4, 0.5) is 0 Å². The van der Waals surface area contributed by atoms with Gasteiger partial charge in [-0.3, -0.25) is 4.79 Å². The second kappa shape index (κ2) is 4.80. The molecule has 0 saturated carbocycles. The van der Waals surface area contributed by atoms with Crippen LogP contribution in [0.5, 0.6) is 0 Å². The van der Waals surface area contributed by atoms with Crippen molar-refractivity contribution < 1.29 is 4.79 Å². The topological polar surface area (TPSA) is 30.0 Å². The fourth-order valence-electron chi connectivity index (χ4n) is 1.75. The molecular weight excluding hydrogens is 230 g/mol. The number of nitrogens with zero attached hydrogens (tertiary/aromatic N) is 1. The largest absolute Gasteiger partial charge is 0.300 e. The predicted molar refractivity (Wildman–Crippen MR) is 71.4 cm³/mol. The molecule has 17 heavy (non-hydrogen) atoms. The van der Waals surface area contributed by atoms with Gasteiger partial charge in [-0.1, -0.05) is 24.3 Å². The van der Waals surface area contributed by atoms with Crippen LogP contribution in [0.1, 0.15) is 23.1 Å². The van der Waals surface area contributed by atoms with Crippen molar-refractivity contribution in [1.82, 2.24) is 4.98 Å². The van der Waals surface area contributed by atoms with Crippen LogP contribution in [0.15, 0.2) is 24.3 Å². The maximum atomic E-state index is 11.2. The molecule has 0 saturated heterocycles. The van der Waals surface area contributed by atoms with E-state index in [9.17, 15) is 4.79 Å². The number of hydrogen-bond donors (Lipinski definition) is 0. The van der Waals surface area contributed by atoms with Crippen molar-refractivity contribution in [2.75, 3.05) is 0 Å². The smallest absolute Gasteiger partial charge is 0.135 e. The second-order valence-electron chi connectivity index (χ2n) is 4.22. The number of carbonyl (C=O) groups is 1. The van der Waals surface area contributed by atoms with Gasteiger partial charge in [-0.15, -0.1) is 11.3 Å². The van der Waals surface area contributed by atoms with E-state index in [4.69, 9.17) is 0 Å². The molecule has 0 aliphatic rings. The summed E-state index contributed by atoms with van der Waals surface area (Å²) in [6.45, 7) is 5.67. The Balaban J connectivity index is 2.41. The van der Waals surface area contributed by atoms with Gasteiger partial charge in [0, 0.05) is 16.9 Å².